The molecule has 0 spiro atoms. The number of aromatic nitrogens is 3. The zero-order valence-electron chi connectivity index (χ0n) is 16.8. The summed E-state index contributed by atoms with van der Waals surface area (Å²) in [5, 5.41) is 2.96. The van der Waals surface area contributed by atoms with E-state index in [0.29, 0.717) is 17.7 Å². The fourth-order valence-corrected chi connectivity index (χ4v) is 3.89. The number of para-hydroxylation sites is 1. The van der Waals surface area contributed by atoms with Crippen LogP contribution in [0.25, 0.3) is 16.9 Å². The lowest BCUT2D eigenvalue weighted by Gasteiger charge is -2.30. The van der Waals surface area contributed by atoms with Crippen molar-refractivity contribution in [2.24, 2.45) is 5.92 Å². The SMILES string of the molecule is CC1CCN(CCNC(=O)Cn2c(=O)n(-c3ccccc3)c3ncccc32)CC1. The normalized spacial score (nSPS) is 15.6. The highest BCUT2D eigenvalue weighted by molar-refractivity contribution is 5.80. The number of amides is 1. The van der Waals surface area contributed by atoms with E-state index < -0.39 is 0 Å². The van der Waals surface area contributed by atoms with E-state index in [9.17, 15) is 9.59 Å². The zero-order valence-corrected chi connectivity index (χ0v) is 16.8. The van der Waals surface area contributed by atoms with Crippen LogP contribution < -0.4 is 11.0 Å². The van der Waals surface area contributed by atoms with Crippen LogP contribution in [-0.4, -0.2) is 51.1 Å². The number of hydrogen-bond acceptors (Lipinski definition) is 4. The van der Waals surface area contributed by atoms with Crippen LogP contribution in [0, 0.1) is 5.92 Å². The molecule has 1 aliphatic rings. The molecule has 1 aromatic carbocycles. The summed E-state index contributed by atoms with van der Waals surface area (Å²) in [5.41, 5.74) is 1.69. The average Bonchev–Trinajstić information content (AvgIpc) is 3.02. The Balaban J connectivity index is 1.47. The summed E-state index contributed by atoms with van der Waals surface area (Å²) in [6, 6.07) is 13.0. The molecule has 1 fully saturated rings. The Morgan fingerprint density at radius 3 is 2.66 bits per heavy atom. The summed E-state index contributed by atoms with van der Waals surface area (Å²) in [4.78, 5) is 32.4. The van der Waals surface area contributed by atoms with Gasteiger partial charge in [0.05, 0.1) is 11.2 Å². The summed E-state index contributed by atoms with van der Waals surface area (Å²) in [6.45, 7) is 5.90. The lowest BCUT2D eigenvalue weighted by atomic mass is 9.99. The van der Waals surface area contributed by atoms with Gasteiger partial charge in [0.2, 0.25) is 5.91 Å². The number of imidazole rings is 1. The second-order valence-corrected chi connectivity index (χ2v) is 7.76. The minimum atomic E-state index is -0.259. The minimum absolute atomic E-state index is 0.0160. The lowest BCUT2D eigenvalue weighted by Crippen LogP contribution is -2.40. The van der Waals surface area contributed by atoms with Gasteiger partial charge in [-0.05, 0) is 56.1 Å². The van der Waals surface area contributed by atoms with Gasteiger partial charge in [0.25, 0.3) is 0 Å². The van der Waals surface area contributed by atoms with E-state index in [-0.39, 0.29) is 18.1 Å². The Morgan fingerprint density at radius 2 is 1.90 bits per heavy atom. The number of nitrogens with one attached hydrogen (secondary N) is 1. The third-order valence-corrected chi connectivity index (χ3v) is 5.63. The fraction of sp³-hybridized carbons (Fsp3) is 0.409. The number of rotatable bonds is 6. The Kier molecular flexibility index (Phi) is 5.76. The van der Waals surface area contributed by atoms with Crippen LogP contribution in [0.5, 0.6) is 0 Å². The van der Waals surface area contributed by atoms with Crippen LogP contribution in [0.2, 0.25) is 0 Å². The number of piperidine rings is 1. The number of fused-ring (bicyclic) bond motifs is 1. The van der Waals surface area contributed by atoms with E-state index in [1.165, 1.54) is 17.4 Å². The van der Waals surface area contributed by atoms with Crippen molar-refractivity contribution in [1.82, 2.24) is 24.3 Å². The molecule has 3 aromatic rings. The molecule has 1 N–H and O–H groups in total. The number of carbonyl (C=O) groups is 1. The van der Waals surface area contributed by atoms with Crippen LogP contribution in [-0.2, 0) is 11.3 Å². The molecular formula is C22H27N5O2. The topological polar surface area (TPSA) is 72.2 Å². The van der Waals surface area contributed by atoms with Gasteiger partial charge >= 0.3 is 5.69 Å². The fourth-order valence-electron chi connectivity index (χ4n) is 3.89. The van der Waals surface area contributed by atoms with E-state index in [2.05, 4.69) is 22.1 Å². The van der Waals surface area contributed by atoms with Crippen molar-refractivity contribution in [3.8, 4) is 5.69 Å². The number of hydrogen-bond donors (Lipinski definition) is 1. The first-order valence-corrected chi connectivity index (χ1v) is 10.2. The van der Waals surface area contributed by atoms with E-state index >= 15 is 0 Å². The highest BCUT2D eigenvalue weighted by Crippen LogP contribution is 2.16. The molecule has 0 bridgehead atoms. The summed E-state index contributed by atoms with van der Waals surface area (Å²) < 4.78 is 3.05. The van der Waals surface area contributed by atoms with Gasteiger partial charge in [0.1, 0.15) is 6.54 Å². The quantitative estimate of drug-likeness (QED) is 0.696. The largest absolute Gasteiger partial charge is 0.353 e. The first-order valence-electron chi connectivity index (χ1n) is 10.2. The summed E-state index contributed by atoms with van der Waals surface area (Å²) in [6.07, 6.45) is 4.09. The maximum atomic E-state index is 13.1. The monoisotopic (exact) mass is 393 g/mol. The van der Waals surface area contributed by atoms with Gasteiger partial charge in [0.15, 0.2) is 5.65 Å². The summed E-state index contributed by atoms with van der Waals surface area (Å²) in [7, 11) is 0. The molecule has 0 atom stereocenters. The third-order valence-electron chi connectivity index (χ3n) is 5.63. The van der Waals surface area contributed by atoms with Crippen molar-refractivity contribution < 1.29 is 4.79 Å². The minimum Gasteiger partial charge on any atom is -0.353 e. The van der Waals surface area contributed by atoms with E-state index in [1.54, 1.807) is 16.8 Å². The number of likely N-dealkylation sites (tertiary alicyclic amines) is 1. The molecule has 3 heterocycles. The Labute approximate surface area is 170 Å². The van der Waals surface area contributed by atoms with Crippen molar-refractivity contribution in [3.63, 3.8) is 0 Å². The van der Waals surface area contributed by atoms with Gasteiger partial charge in [0, 0.05) is 19.3 Å². The first-order chi connectivity index (χ1) is 14.1. The molecule has 0 unspecified atom stereocenters. The molecule has 1 aliphatic heterocycles. The predicted molar refractivity (Wildman–Crippen MR) is 113 cm³/mol. The van der Waals surface area contributed by atoms with E-state index in [0.717, 1.165) is 31.2 Å². The molecule has 4 rings (SSSR count). The second-order valence-electron chi connectivity index (χ2n) is 7.76. The molecule has 0 aliphatic carbocycles. The van der Waals surface area contributed by atoms with Crippen molar-refractivity contribution >= 4 is 17.1 Å². The first kappa shape index (κ1) is 19.4. The van der Waals surface area contributed by atoms with Crippen LogP contribution in [0.15, 0.2) is 53.5 Å². The standard InChI is InChI=1S/C22H27N5O2/c1-17-9-13-25(14-10-17)15-12-23-20(28)16-26-19-8-5-11-24-21(19)27(22(26)29)18-6-3-2-4-7-18/h2-8,11,17H,9-10,12-16H2,1H3,(H,23,28). The van der Waals surface area contributed by atoms with Crippen molar-refractivity contribution in [1.29, 1.82) is 0 Å². The van der Waals surface area contributed by atoms with Gasteiger partial charge in [-0.15, -0.1) is 0 Å². The predicted octanol–water partition coefficient (Wildman–Crippen LogP) is 2.04. The molecule has 0 saturated carbocycles. The Bertz CT molecular complexity index is 1030. The van der Waals surface area contributed by atoms with Crippen LogP contribution >= 0.6 is 0 Å². The second kappa shape index (κ2) is 8.61. The van der Waals surface area contributed by atoms with Gasteiger partial charge in [-0.2, -0.15) is 0 Å². The van der Waals surface area contributed by atoms with Crippen LogP contribution in [0.1, 0.15) is 19.8 Å². The Hall–Kier alpha value is -2.93. The molecular weight excluding hydrogens is 366 g/mol. The number of benzene rings is 1. The highest BCUT2D eigenvalue weighted by atomic mass is 16.2. The van der Waals surface area contributed by atoms with Gasteiger partial charge in [-0.1, -0.05) is 25.1 Å². The molecule has 1 amide bonds. The number of pyridine rings is 1. The lowest BCUT2D eigenvalue weighted by molar-refractivity contribution is -0.121. The zero-order chi connectivity index (χ0) is 20.2. The van der Waals surface area contributed by atoms with Crippen molar-refractivity contribution in [3.05, 3.63) is 59.1 Å². The highest BCUT2D eigenvalue weighted by Gasteiger charge is 2.18. The molecule has 2 aromatic heterocycles. The van der Waals surface area contributed by atoms with Crippen LogP contribution in [0.3, 0.4) is 0 Å². The molecule has 1 saturated heterocycles. The van der Waals surface area contributed by atoms with Crippen molar-refractivity contribution in [2.45, 2.75) is 26.3 Å². The third kappa shape index (κ3) is 4.24. The molecule has 152 valence electrons. The summed E-state index contributed by atoms with van der Waals surface area (Å²) >= 11 is 0. The molecule has 7 heteroatoms. The smallest absolute Gasteiger partial charge is 0.335 e. The summed E-state index contributed by atoms with van der Waals surface area (Å²) in [5.74, 6) is 0.636. The van der Waals surface area contributed by atoms with Crippen LogP contribution in [0.4, 0.5) is 0 Å². The van der Waals surface area contributed by atoms with Gasteiger partial charge < -0.3 is 10.2 Å². The Morgan fingerprint density at radius 1 is 1.14 bits per heavy atom. The average molecular weight is 393 g/mol. The maximum absolute atomic E-state index is 13.1. The van der Waals surface area contributed by atoms with Gasteiger partial charge in [-0.25, -0.2) is 14.3 Å². The number of carbonyl (C=O) groups excluding carboxylic acids is 1. The molecule has 0 radical (unpaired) electrons. The maximum Gasteiger partial charge on any atom is 0.335 e. The number of nitrogens with zero attached hydrogens (tertiary/aromatic N) is 4. The molecule has 7 nitrogen and oxygen atoms in total. The van der Waals surface area contributed by atoms with Gasteiger partial charge in [-0.3, -0.25) is 9.36 Å². The van der Waals surface area contributed by atoms with Crippen molar-refractivity contribution in [2.75, 3.05) is 26.2 Å². The molecule has 29 heavy (non-hydrogen) atoms. The van der Waals surface area contributed by atoms with E-state index in [4.69, 9.17) is 0 Å². The van der Waals surface area contributed by atoms with E-state index in [1.807, 2.05) is 36.4 Å².